The Morgan fingerprint density at radius 2 is 1.93 bits per heavy atom. The van der Waals surface area contributed by atoms with Crippen molar-refractivity contribution < 1.29 is 4.79 Å². The highest BCUT2D eigenvalue weighted by Crippen LogP contribution is 2.64. The normalized spacial score (nSPS) is 31.2. The number of nitriles is 3. The molecule has 150 valence electrons. The van der Waals surface area contributed by atoms with Crippen molar-refractivity contribution in [3.05, 3.63) is 41.5 Å². The molecule has 0 bridgehead atoms. The second kappa shape index (κ2) is 6.82. The first kappa shape index (κ1) is 19.9. The SMILES string of the molecule is CCCN1C(=O)[C@@]2(c3ccccc31)[C@H]1C[C@H](C)CC=C1[C@@H](C#N)C(=N)C2(C#N)C#N. The molecule has 2 aliphatic carbocycles. The number of nitrogens with zero attached hydrogens (tertiary/aromatic N) is 4. The smallest absolute Gasteiger partial charge is 0.241 e. The summed E-state index contributed by atoms with van der Waals surface area (Å²) in [5.74, 6) is -1.46. The van der Waals surface area contributed by atoms with Crippen molar-refractivity contribution in [2.45, 2.75) is 38.5 Å². The summed E-state index contributed by atoms with van der Waals surface area (Å²) in [6.07, 6.45) is 4.06. The highest BCUT2D eigenvalue weighted by atomic mass is 16.2. The number of hydrogen-bond donors (Lipinski definition) is 1. The molecular weight excluding hydrogens is 374 g/mol. The standard InChI is InChI=1S/C24H23N5O/c1-3-10-29-20-7-5-4-6-18(20)24(22(29)30)19-11-15(2)8-9-16(19)17(12-25)21(28)23(24,13-26)14-27/h4-7,9,15,17,19,28H,3,8,10-11H2,1-2H3/t15-,17-,19+,24-/m1/s1. The number of carbonyl (C=O) groups excluding carboxylic acids is 1. The fourth-order valence-corrected chi connectivity index (χ4v) is 5.80. The number of rotatable bonds is 2. The number of fused-ring (bicyclic) bond motifs is 4. The van der Waals surface area contributed by atoms with Gasteiger partial charge in [-0.05, 0) is 42.4 Å². The molecule has 0 aromatic heterocycles. The first-order chi connectivity index (χ1) is 14.4. The topological polar surface area (TPSA) is 116 Å². The Morgan fingerprint density at radius 3 is 2.57 bits per heavy atom. The number of allylic oxidation sites excluding steroid dienone is 2. The average Bonchev–Trinajstić information content (AvgIpc) is 3.00. The van der Waals surface area contributed by atoms with Gasteiger partial charge in [0.05, 0.1) is 23.9 Å². The molecule has 0 unspecified atom stereocenters. The van der Waals surface area contributed by atoms with Crippen molar-refractivity contribution in [2.24, 2.45) is 23.2 Å². The van der Waals surface area contributed by atoms with Crippen LogP contribution in [-0.4, -0.2) is 18.2 Å². The highest BCUT2D eigenvalue weighted by Gasteiger charge is 2.74. The molecule has 30 heavy (non-hydrogen) atoms. The van der Waals surface area contributed by atoms with Crippen molar-refractivity contribution in [1.29, 1.82) is 21.2 Å². The van der Waals surface area contributed by atoms with E-state index in [1.54, 1.807) is 4.90 Å². The number of benzene rings is 1. The van der Waals surface area contributed by atoms with Gasteiger partial charge in [-0.3, -0.25) is 4.79 Å². The predicted molar refractivity (Wildman–Crippen MR) is 111 cm³/mol. The molecule has 0 saturated heterocycles. The van der Waals surface area contributed by atoms with Gasteiger partial charge in [0.1, 0.15) is 11.3 Å². The van der Waals surface area contributed by atoms with Gasteiger partial charge in [-0.1, -0.05) is 38.1 Å². The third-order valence-corrected chi connectivity index (χ3v) is 7.05. The second-order valence-corrected chi connectivity index (χ2v) is 8.56. The van der Waals surface area contributed by atoms with Gasteiger partial charge < -0.3 is 10.3 Å². The average molecular weight is 397 g/mol. The summed E-state index contributed by atoms with van der Waals surface area (Å²) >= 11 is 0. The van der Waals surface area contributed by atoms with E-state index >= 15 is 0 Å². The summed E-state index contributed by atoms with van der Waals surface area (Å²) in [6.45, 7) is 4.53. The van der Waals surface area contributed by atoms with Gasteiger partial charge in [-0.25, -0.2) is 0 Å². The van der Waals surface area contributed by atoms with E-state index in [4.69, 9.17) is 5.41 Å². The van der Waals surface area contributed by atoms with Gasteiger partial charge >= 0.3 is 0 Å². The van der Waals surface area contributed by atoms with Crippen LogP contribution in [-0.2, 0) is 10.2 Å². The van der Waals surface area contributed by atoms with Crippen molar-refractivity contribution in [3.63, 3.8) is 0 Å². The molecule has 6 nitrogen and oxygen atoms in total. The molecule has 0 radical (unpaired) electrons. The van der Waals surface area contributed by atoms with Gasteiger partial charge in [0.2, 0.25) is 11.3 Å². The Morgan fingerprint density at radius 1 is 1.23 bits per heavy atom. The van der Waals surface area contributed by atoms with Crippen LogP contribution in [0.1, 0.15) is 38.7 Å². The van der Waals surface area contributed by atoms with E-state index in [1.165, 1.54) is 0 Å². The summed E-state index contributed by atoms with van der Waals surface area (Å²) < 4.78 is 0. The van der Waals surface area contributed by atoms with Gasteiger partial charge in [0, 0.05) is 18.2 Å². The number of amides is 1. The fraction of sp³-hybridized carbons (Fsp3) is 0.458. The van der Waals surface area contributed by atoms with E-state index in [0.717, 1.165) is 18.4 Å². The van der Waals surface area contributed by atoms with Crippen LogP contribution in [0.2, 0.25) is 0 Å². The zero-order valence-electron chi connectivity index (χ0n) is 17.1. The molecule has 1 saturated carbocycles. The third-order valence-electron chi connectivity index (χ3n) is 7.05. The largest absolute Gasteiger partial charge is 0.311 e. The Hall–Kier alpha value is -3.43. The molecule has 1 aromatic rings. The highest BCUT2D eigenvalue weighted by molar-refractivity contribution is 6.17. The number of anilines is 1. The van der Waals surface area contributed by atoms with Crippen LogP contribution in [0.15, 0.2) is 35.9 Å². The summed E-state index contributed by atoms with van der Waals surface area (Å²) in [5.41, 5.74) is -1.73. The molecule has 1 aliphatic heterocycles. The summed E-state index contributed by atoms with van der Waals surface area (Å²) in [6, 6.07) is 13.7. The van der Waals surface area contributed by atoms with Crippen LogP contribution < -0.4 is 4.90 Å². The summed E-state index contributed by atoms with van der Waals surface area (Å²) in [5, 5.41) is 39.4. The van der Waals surface area contributed by atoms with Gasteiger partial charge in [-0.15, -0.1) is 0 Å². The lowest BCUT2D eigenvalue weighted by Gasteiger charge is -2.52. The minimum Gasteiger partial charge on any atom is -0.311 e. The second-order valence-electron chi connectivity index (χ2n) is 8.56. The van der Waals surface area contributed by atoms with Crippen molar-refractivity contribution in [3.8, 4) is 18.2 Å². The van der Waals surface area contributed by atoms with Gasteiger partial charge in [-0.2, -0.15) is 15.8 Å². The fourth-order valence-electron chi connectivity index (χ4n) is 5.80. The van der Waals surface area contributed by atoms with E-state index in [-0.39, 0.29) is 17.5 Å². The van der Waals surface area contributed by atoms with Gasteiger partial charge in [0.25, 0.3) is 0 Å². The number of nitrogens with one attached hydrogen (secondary N) is 1. The Bertz CT molecular complexity index is 1080. The van der Waals surface area contributed by atoms with Crippen LogP contribution >= 0.6 is 0 Å². The number of para-hydroxylation sites is 1. The monoisotopic (exact) mass is 397 g/mol. The van der Waals surface area contributed by atoms with E-state index in [1.807, 2.05) is 37.3 Å². The zero-order chi connectivity index (χ0) is 21.7. The first-order valence-electron chi connectivity index (χ1n) is 10.4. The molecule has 1 fully saturated rings. The third kappa shape index (κ3) is 2.10. The van der Waals surface area contributed by atoms with E-state index < -0.39 is 22.7 Å². The van der Waals surface area contributed by atoms with Crippen LogP contribution in [0, 0.1) is 62.6 Å². The molecule has 1 spiro atoms. The lowest BCUT2D eigenvalue weighted by molar-refractivity contribution is -0.127. The molecule has 3 aliphatic rings. The predicted octanol–water partition coefficient (Wildman–Crippen LogP) is 3.86. The maximum atomic E-state index is 14.2. The van der Waals surface area contributed by atoms with Crippen LogP contribution in [0.5, 0.6) is 0 Å². The minimum absolute atomic E-state index is 0.248. The van der Waals surface area contributed by atoms with Crippen molar-refractivity contribution in [2.75, 3.05) is 11.4 Å². The van der Waals surface area contributed by atoms with Crippen molar-refractivity contribution >= 4 is 17.3 Å². The molecule has 6 heteroatoms. The first-order valence-corrected chi connectivity index (χ1v) is 10.4. The molecule has 4 rings (SSSR count). The quantitative estimate of drug-likeness (QED) is 0.763. The zero-order valence-corrected chi connectivity index (χ0v) is 17.1. The van der Waals surface area contributed by atoms with Gasteiger partial charge in [0.15, 0.2) is 0 Å². The van der Waals surface area contributed by atoms with Crippen molar-refractivity contribution in [1.82, 2.24) is 0 Å². The molecule has 1 amide bonds. The Labute approximate surface area is 176 Å². The van der Waals surface area contributed by atoms with E-state index in [9.17, 15) is 20.6 Å². The van der Waals surface area contributed by atoms with Crippen LogP contribution in [0.4, 0.5) is 5.69 Å². The van der Waals surface area contributed by atoms with Crippen LogP contribution in [0.25, 0.3) is 0 Å². The minimum atomic E-state index is -2.03. The van der Waals surface area contributed by atoms with Crippen LogP contribution in [0.3, 0.4) is 0 Å². The molecule has 1 N–H and O–H groups in total. The Balaban J connectivity index is 2.14. The maximum Gasteiger partial charge on any atom is 0.241 e. The molecule has 4 atom stereocenters. The molecule has 1 heterocycles. The lowest BCUT2D eigenvalue weighted by Crippen LogP contribution is -2.65. The number of carbonyl (C=O) groups is 1. The Kier molecular flexibility index (Phi) is 4.52. The summed E-state index contributed by atoms with van der Waals surface area (Å²) in [4.78, 5) is 15.9. The maximum absolute atomic E-state index is 14.2. The summed E-state index contributed by atoms with van der Waals surface area (Å²) in [7, 11) is 0. The number of hydrogen-bond acceptors (Lipinski definition) is 5. The molecular formula is C24H23N5O. The van der Waals surface area contributed by atoms with E-state index in [2.05, 4.69) is 25.1 Å². The molecule has 1 aromatic carbocycles. The lowest BCUT2D eigenvalue weighted by atomic mass is 9.44. The van der Waals surface area contributed by atoms with E-state index in [0.29, 0.717) is 24.2 Å².